The molecular weight excluding hydrogens is 298 g/mol. The smallest absolute Gasteiger partial charge is 0.232 e. The average molecular weight is 320 g/mol. The van der Waals surface area contributed by atoms with Gasteiger partial charge in [0.25, 0.3) is 0 Å². The minimum absolute atomic E-state index is 0.689. The van der Waals surface area contributed by atoms with E-state index in [1.807, 2.05) is 31.2 Å². The second-order valence-corrected chi connectivity index (χ2v) is 6.06. The molecule has 0 aliphatic heterocycles. The third kappa shape index (κ3) is 3.36. The number of nitrogens with zero attached hydrogens (tertiary/aromatic N) is 2. The van der Waals surface area contributed by atoms with Crippen LogP contribution in [0.1, 0.15) is 18.1 Å². The van der Waals surface area contributed by atoms with Gasteiger partial charge in [-0.25, -0.2) is 0 Å². The molecule has 0 heterocycles. The number of nitrogens with one attached hydrogen (secondary N) is 1. The molecule has 1 unspecified atom stereocenters. The van der Waals surface area contributed by atoms with E-state index in [9.17, 15) is 0 Å². The Morgan fingerprint density at radius 3 is 2.62 bits per heavy atom. The topological polar surface area (TPSA) is 90.4 Å². The zero-order valence-electron chi connectivity index (χ0n) is 13.7. The molecule has 122 valence electrons. The van der Waals surface area contributed by atoms with Crippen LogP contribution in [-0.4, -0.2) is 0 Å². The fraction of sp³-hybridized carbons (Fsp3) is 0.158. The molecule has 0 amide bonds. The van der Waals surface area contributed by atoms with E-state index in [0.29, 0.717) is 0 Å². The van der Waals surface area contributed by atoms with Gasteiger partial charge in [0.2, 0.25) is 5.66 Å². The van der Waals surface area contributed by atoms with Crippen LogP contribution in [0, 0.1) is 0 Å². The Morgan fingerprint density at radius 1 is 1.04 bits per heavy atom. The van der Waals surface area contributed by atoms with Crippen LogP contribution in [0.15, 0.2) is 77.1 Å². The van der Waals surface area contributed by atoms with E-state index < -0.39 is 5.66 Å². The molecule has 0 fully saturated rings. The van der Waals surface area contributed by atoms with Crippen LogP contribution in [-0.2, 0) is 12.2 Å². The monoisotopic (exact) mass is 320 g/mol. The van der Waals surface area contributed by atoms with Gasteiger partial charge in [0, 0.05) is 24.7 Å². The molecule has 0 saturated carbocycles. The van der Waals surface area contributed by atoms with Crippen molar-refractivity contribution in [2.24, 2.45) is 16.2 Å². The minimum atomic E-state index is -0.689. The number of anilines is 1. The molecule has 0 bridgehead atoms. The van der Waals surface area contributed by atoms with Crippen LogP contribution < -0.4 is 16.9 Å². The predicted molar refractivity (Wildman–Crippen MR) is 97.0 cm³/mol. The molecule has 0 radical (unpaired) electrons. The van der Waals surface area contributed by atoms with Gasteiger partial charge in [0.05, 0.1) is 0 Å². The molecule has 5 heteroatoms. The van der Waals surface area contributed by atoms with E-state index in [1.165, 1.54) is 16.3 Å². The van der Waals surface area contributed by atoms with Crippen LogP contribution in [0.4, 0.5) is 5.69 Å². The van der Waals surface area contributed by atoms with Crippen molar-refractivity contribution in [3.05, 3.63) is 77.9 Å². The second-order valence-electron chi connectivity index (χ2n) is 6.06. The van der Waals surface area contributed by atoms with E-state index in [2.05, 4.69) is 63.9 Å². The standard InChI is InChI=1S/C19H21N5/c1-19(20,23-24-21)16-9-5-10-17(12-16)22-13-15-8-4-7-14-6-2-3-11-18(14)15/h2-12,22H,13,20H2,1H3,(H2,21,23)/p+1. The summed E-state index contributed by atoms with van der Waals surface area (Å²) < 4.78 is 0. The molecule has 0 aliphatic rings. The number of hydrogen-bond acceptors (Lipinski definition) is 3. The Balaban J connectivity index is 1.82. The lowest BCUT2D eigenvalue weighted by molar-refractivity contribution is -0.481. The first kappa shape index (κ1) is 16.0. The summed E-state index contributed by atoms with van der Waals surface area (Å²) in [5.41, 5.74) is 6.61. The highest BCUT2D eigenvalue weighted by Crippen LogP contribution is 2.23. The fourth-order valence-electron chi connectivity index (χ4n) is 2.79. The Hall–Kier alpha value is -2.92. The molecule has 3 aromatic carbocycles. The summed E-state index contributed by atoms with van der Waals surface area (Å²) in [6.07, 6.45) is 0. The Kier molecular flexibility index (Phi) is 4.44. The number of hydrogen-bond donors (Lipinski definition) is 3. The summed E-state index contributed by atoms with van der Waals surface area (Å²) in [6, 6.07) is 22.8. The summed E-state index contributed by atoms with van der Waals surface area (Å²) in [5.74, 6) is 5.18. The van der Waals surface area contributed by atoms with Gasteiger partial charge in [-0.1, -0.05) is 59.8 Å². The first-order chi connectivity index (χ1) is 11.6. The normalized spacial score (nSPS) is 13.9. The molecule has 0 saturated heterocycles. The molecule has 3 aromatic rings. The third-order valence-electron chi connectivity index (χ3n) is 4.13. The van der Waals surface area contributed by atoms with E-state index >= 15 is 0 Å². The predicted octanol–water partition coefficient (Wildman–Crippen LogP) is 3.19. The highest BCUT2D eigenvalue weighted by molar-refractivity contribution is 5.85. The summed E-state index contributed by atoms with van der Waals surface area (Å²) in [7, 11) is 0. The van der Waals surface area contributed by atoms with E-state index in [1.54, 1.807) is 0 Å². The van der Waals surface area contributed by atoms with Gasteiger partial charge < -0.3 is 16.9 Å². The van der Waals surface area contributed by atoms with Crippen LogP contribution in [0.25, 0.3) is 10.8 Å². The van der Waals surface area contributed by atoms with E-state index in [0.717, 1.165) is 17.8 Å². The summed E-state index contributed by atoms with van der Waals surface area (Å²) in [4.78, 5) is 0. The Morgan fingerprint density at radius 2 is 1.79 bits per heavy atom. The lowest BCUT2D eigenvalue weighted by atomic mass is 10.0. The van der Waals surface area contributed by atoms with Gasteiger partial charge in [0.15, 0.2) is 0 Å². The van der Waals surface area contributed by atoms with Crippen LogP contribution in [0.3, 0.4) is 0 Å². The Bertz CT molecular complexity index is 865. The molecule has 0 spiro atoms. The maximum atomic E-state index is 5.18. The van der Waals surface area contributed by atoms with Gasteiger partial charge in [-0.2, -0.15) is 0 Å². The number of fused-ring (bicyclic) bond motifs is 1. The zero-order valence-corrected chi connectivity index (χ0v) is 13.7. The summed E-state index contributed by atoms with van der Waals surface area (Å²) in [5, 5.41) is 13.4. The highest BCUT2D eigenvalue weighted by atomic mass is 15.4. The van der Waals surface area contributed by atoms with Crippen LogP contribution in [0.5, 0.6) is 0 Å². The lowest BCUT2D eigenvalue weighted by Gasteiger charge is -2.16. The van der Waals surface area contributed by atoms with Crippen molar-refractivity contribution in [2.45, 2.75) is 19.1 Å². The van der Waals surface area contributed by atoms with Crippen molar-refractivity contribution in [3.8, 4) is 0 Å². The summed E-state index contributed by atoms with van der Waals surface area (Å²) in [6.45, 7) is 2.63. The molecule has 0 aromatic heterocycles. The molecular formula is C19H22N5+. The number of rotatable bonds is 5. The first-order valence-electron chi connectivity index (χ1n) is 7.89. The number of quaternary nitrogens is 1. The van der Waals surface area contributed by atoms with Gasteiger partial charge in [-0.3, -0.25) is 0 Å². The van der Waals surface area contributed by atoms with E-state index in [-0.39, 0.29) is 0 Å². The second kappa shape index (κ2) is 6.68. The van der Waals surface area contributed by atoms with Crippen molar-refractivity contribution >= 4 is 16.5 Å². The minimum Gasteiger partial charge on any atom is -0.381 e. The lowest BCUT2D eigenvalue weighted by Crippen LogP contribution is -2.67. The average Bonchev–Trinajstić information content (AvgIpc) is 2.60. The van der Waals surface area contributed by atoms with Gasteiger partial charge in [-0.15, -0.1) is 5.11 Å². The number of nitrogens with two attached hydrogens (primary N) is 1. The van der Waals surface area contributed by atoms with Crippen molar-refractivity contribution in [1.82, 2.24) is 0 Å². The summed E-state index contributed by atoms with van der Waals surface area (Å²) >= 11 is 0. The van der Waals surface area contributed by atoms with E-state index in [4.69, 9.17) is 5.84 Å². The molecule has 24 heavy (non-hydrogen) atoms. The van der Waals surface area contributed by atoms with Gasteiger partial charge in [0.1, 0.15) is 0 Å². The maximum absolute atomic E-state index is 5.18. The highest BCUT2D eigenvalue weighted by Gasteiger charge is 2.25. The van der Waals surface area contributed by atoms with Gasteiger partial charge in [-0.05, 0) is 28.5 Å². The molecule has 1 atom stereocenters. The van der Waals surface area contributed by atoms with Gasteiger partial charge >= 0.3 is 0 Å². The number of benzene rings is 3. The van der Waals surface area contributed by atoms with Crippen molar-refractivity contribution in [1.29, 1.82) is 0 Å². The van der Waals surface area contributed by atoms with Crippen molar-refractivity contribution in [3.63, 3.8) is 0 Å². The maximum Gasteiger partial charge on any atom is 0.232 e. The zero-order chi connectivity index (χ0) is 17.0. The van der Waals surface area contributed by atoms with Crippen molar-refractivity contribution < 1.29 is 5.73 Å². The quantitative estimate of drug-likeness (QED) is 0.383. The SMILES string of the molecule is CC([NH3+])(N=NN)c1cccc(NCc2cccc3ccccc23)c1. The molecule has 0 aliphatic carbocycles. The fourth-order valence-corrected chi connectivity index (χ4v) is 2.79. The molecule has 5 nitrogen and oxygen atoms in total. The Labute approximate surface area is 141 Å². The first-order valence-corrected chi connectivity index (χ1v) is 7.89. The van der Waals surface area contributed by atoms with Crippen LogP contribution in [0.2, 0.25) is 0 Å². The molecule has 3 rings (SSSR count). The van der Waals surface area contributed by atoms with Crippen LogP contribution >= 0.6 is 0 Å². The molecule has 6 N–H and O–H groups in total. The third-order valence-corrected chi connectivity index (χ3v) is 4.13. The largest absolute Gasteiger partial charge is 0.381 e. The van der Waals surface area contributed by atoms with Crippen molar-refractivity contribution in [2.75, 3.05) is 5.32 Å².